The minimum Gasteiger partial charge on any atom is -0.493 e. The highest BCUT2D eigenvalue weighted by Crippen LogP contribution is 2.18. The lowest BCUT2D eigenvalue weighted by Crippen LogP contribution is -2.32. The molecule has 0 radical (unpaired) electrons. The average molecular weight is 285 g/mol. The number of rotatable bonds is 7. The third kappa shape index (κ3) is 5.54. The first-order chi connectivity index (χ1) is 10.1. The van der Waals surface area contributed by atoms with Crippen molar-refractivity contribution >= 4 is 5.91 Å². The van der Waals surface area contributed by atoms with Crippen LogP contribution in [0.3, 0.4) is 0 Å². The zero-order chi connectivity index (χ0) is 15.7. The first kappa shape index (κ1) is 16.5. The molecule has 1 rings (SSSR count). The fraction of sp³-hybridized carbons (Fsp3) is 0.438. The number of carbonyl (C=O) groups is 1. The van der Waals surface area contributed by atoms with Crippen molar-refractivity contribution < 1.29 is 9.53 Å². The molecule has 1 aromatic carbocycles. The van der Waals surface area contributed by atoms with E-state index in [9.17, 15) is 4.79 Å². The van der Waals surface area contributed by atoms with Crippen molar-refractivity contribution in [2.45, 2.75) is 26.2 Å². The minimum atomic E-state index is -0.253. The molecule has 21 heavy (non-hydrogen) atoms. The summed E-state index contributed by atoms with van der Waals surface area (Å²) < 4.78 is 5.50. The first-order valence-electron chi connectivity index (χ1n) is 6.83. The molecule has 0 heterocycles. The van der Waals surface area contributed by atoms with Crippen LogP contribution >= 0.6 is 0 Å². The molecule has 0 aliphatic heterocycles. The summed E-state index contributed by atoms with van der Waals surface area (Å²) in [6.07, 6.45) is 0.148. The van der Waals surface area contributed by atoms with E-state index in [4.69, 9.17) is 15.3 Å². The summed E-state index contributed by atoms with van der Waals surface area (Å²) in [6.45, 7) is 4.32. The molecule has 1 aromatic rings. The van der Waals surface area contributed by atoms with Crippen molar-refractivity contribution in [1.82, 2.24) is 4.90 Å². The standard InChI is InChI=1S/C16H19N3O2/c1-13(2)14-3-5-15(6-4-14)21-12-7-16(20)19(10-8-17)11-9-18/h3-6,13H,7,10-12H2,1-2H3. The van der Waals surface area contributed by atoms with Crippen LogP contribution in [0.15, 0.2) is 24.3 Å². The van der Waals surface area contributed by atoms with Gasteiger partial charge in [-0.25, -0.2) is 0 Å². The van der Waals surface area contributed by atoms with Gasteiger partial charge >= 0.3 is 0 Å². The number of hydrogen-bond donors (Lipinski definition) is 0. The van der Waals surface area contributed by atoms with Crippen LogP contribution in [0, 0.1) is 22.7 Å². The van der Waals surface area contributed by atoms with Gasteiger partial charge in [0.25, 0.3) is 0 Å². The van der Waals surface area contributed by atoms with Crippen molar-refractivity contribution in [1.29, 1.82) is 10.5 Å². The van der Waals surface area contributed by atoms with Crippen LogP contribution in [-0.4, -0.2) is 30.5 Å². The van der Waals surface area contributed by atoms with E-state index in [0.29, 0.717) is 11.7 Å². The highest BCUT2D eigenvalue weighted by atomic mass is 16.5. The van der Waals surface area contributed by atoms with Gasteiger partial charge in [0, 0.05) is 0 Å². The Labute approximate surface area is 125 Å². The second kappa shape index (κ2) is 8.60. The Morgan fingerprint density at radius 1 is 1.19 bits per heavy atom. The second-order valence-electron chi connectivity index (χ2n) is 4.89. The maximum atomic E-state index is 11.8. The largest absolute Gasteiger partial charge is 0.493 e. The van der Waals surface area contributed by atoms with Crippen molar-refractivity contribution in [2.75, 3.05) is 19.7 Å². The van der Waals surface area contributed by atoms with Crippen LogP contribution in [0.1, 0.15) is 31.7 Å². The van der Waals surface area contributed by atoms with Gasteiger partial charge in [-0.05, 0) is 23.6 Å². The normalized spacial score (nSPS) is 9.76. The van der Waals surface area contributed by atoms with Gasteiger partial charge in [0.1, 0.15) is 18.8 Å². The molecule has 0 saturated heterocycles. The van der Waals surface area contributed by atoms with E-state index in [2.05, 4.69) is 13.8 Å². The number of benzene rings is 1. The van der Waals surface area contributed by atoms with E-state index in [0.717, 1.165) is 0 Å². The van der Waals surface area contributed by atoms with Crippen molar-refractivity contribution in [3.8, 4) is 17.9 Å². The Hall–Kier alpha value is -2.53. The van der Waals surface area contributed by atoms with Gasteiger partial charge in [-0.15, -0.1) is 0 Å². The second-order valence-corrected chi connectivity index (χ2v) is 4.89. The van der Waals surface area contributed by atoms with Crippen LogP contribution < -0.4 is 4.74 Å². The van der Waals surface area contributed by atoms with Crippen molar-refractivity contribution in [3.05, 3.63) is 29.8 Å². The molecule has 110 valence electrons. The van der Waals surface area contributed by atoms with Gasteiger partial charge in [-0.1, -0.05) is 26.0 Å². The van der Waals surface area contributed by atoms with Crippen LogP contribution in [0.4, 0.5) is 0 Å². The zero-order valence-corrected chi connectivity index (χ0v) is 12.4. The van der Waals surface area contributed by atoms with E-state index in [1.165, 1.54) is 10.5 Å². The molecule has 0 saturated carbocycles. The fourth-order valence-electron chi connectivity index (χ4n) is 1.77. The Morgan fingerprint density at radius 3 is 2.24 bits per heavy atom. The lowest BCUT2D eigenvalue weighted by molar-refractivity contribution is -0.130. The smallest absolute Gasteiger partial charge is 0.227 e. The topological polar surface area (TPSA) is 77.1 Å². The number of nitrogens with zero attached hydrogens (tertiary/aromatic N) is 3. The van der Waals surface area contributed by atoms with Gasteiger partial charge in [-0.2, -0.15) is 10.5 Å². The molecule has 0 aliphatic carbocycles. The molecular weight excluding hydrogens is 266 g/mol. The van der Waals surface area contributed by atoms with Gasteiger partial charge in [0.2, 0.25) is 5.91 Å². The van der Waals surface area contributed by atoms with E-state index in [1.807, 2.05) is 36.4 Å². The molecule has 1 amide bonds. The fourth-order valence-corrected chi connectivity index (χ4v) is 1.77. The van der Waals surface area contributed by atoms with Gasteiger partial charge in [0.05, 0.1) is 25.2 Å². The Balaban J connectivity index is 2.44. The Bertz CT molecular complexity index is 522. The number of hydrogen-bond acceptors (Lipinski definition) is 4. The number of ether oxygens (including phenoxy) is 1. The van der Waals surface area contributed by atoms with Crippen molar-refractivity contribution in [3.63, 3.8) is 0 Å². The van der Waals surface area contributed by atoms with Gasteiger partial charge in [-0.3, -0.25) is 4.79 Å². The van der Waals surface area contributed by atoms with Gasteiger partial charge in [0.15, 0.2) is 0 Å². The predicted molar refractivity (Wildman–Crippen MR) is 78.4 cm³/mol. The number of amides is 1. The van der Waals surface area contributed by atoms with Crippen LogP contribution in [0.5, 0.6) is 5.75 Å². The van der Waals surface area contributed by atoms with Gasteiger partial charge < -0.3 is 9.64 Å². The molecule has 0 unspecified atom stereocenters. The molecule has 0 aromatic heterocycles. The highest BCUT2D eigenvalue weighted by molar-refractivity contribution is 5.76. The molecule has 0 spiro atoms. The molecule has 0 bridgehead atoms. The van der Waals surface area contributed by atoms with E-state index >= 15 is 0 Å². The van der Waals surface area contributed by atoms with Crippen LogP contribution in [-0.2, 0) is 4.79 Å². The third-order valence-electron chi connectivity index (χ3n) is 3.01. The summed E-state index contributed by atoms with van der Waals surface area (Å²) in [5.74, 6) is 0.919. The van der Waals surface area contributed by atoms with E-state index < -0.39 is 0 Å². The highest BCUT2D eigenvalue weighted by Gasteiger charge is 2.12. The monoisotopic (exact) mass is 285 g/mol. The van der Waals surface area contributed by atoms with Crippen LogP contribution in [0.25, 0.3) is 0 Å². The van der Waals surface area contributed by atoms with E-state index in [1.54, 1.807) is 0 Å². The lowest BCUT2D eigenvalue weighted by atomic mass is 10.0. The summed E-state index contributed by atoms with van der Waals surface area (Å²) >= 11 is 0. The first-order valence-corrected chi connectivity index (χ1v) is 6.83. The SMILES string of the molecule is CC(C)c1ccc(OCCC(=O)N(CC#N)CC#N)cc1. The maximum Gasteiger partial charge on any atom is 0.227 e. The molecule has 5 heteroatoms. The maximum absolute atomic E-state index is 11.8. The summed E-state index contributed by atoms with van der Waals surface area (Å²) in [7, 11) is 0. The van der Waals surface area contributed by atoms with Crippen molar-refractivity contribution in [2.24, 2.45) is 0 Å². The molecular formula is C16H19N3O2. The zero-order valence-electron chi connectivity index (χ0n) is 12.4. The summed E-state index contributed by atoms with van der Waals surface area (Å²) in [5.41, 5.74) is 1.23. The molecule has 0 N–H and O–H groups in total. The summed E-state index contributed by atoms with van der Waals surface area (Å²) in [5, 5.41) is 17.2. The lowest BCUT2D eigenvalue weighted by Gasteiger charge is -2.16. The summed E-state index contributed by atoms with van der Waals surface area (Å²) in [6, 6.07) is 11.5. The van der Waals surface area contributed by atoms with E-state index in [-0.39, 0.29) is 32.0 Å². The number of nitriles is 2. The Kier molecular flexibility index (Phi) is 6.77. The average Bonchev–Trinajstić information content (AvgIpc) is 2.47. The molecule has 0 atom stereocenters. The molecule has 0 aliphatic rings. The summed E-state index contributed by atoms with van der Waals surface area (Å²) in [4.78, 5) is 13.0. The molecule has 5 nitrogen and oxygen atoms in total. The predicted octanol–water partition coefficient (Wildman–Crippen LogP) is 2.45. The quantitative estimate of drug-likeness (QED) is 0.721. The Morgan fingerprint density at radius 2 is 1.76 bits per heavy atom. The van der Waals surface area contributed by atoms with Crippen LogP contribution in [0.2, 0.25) is 0 Å². The third-order valence-corrected chi connectivity index (χ3v) is 3.01. The number of carbonyl (C=O) groups excluding carboxylic acids is 1. The molecule has 0 fully saturated rings. The minimum absolute atomic E-state index is 0.0739.